The van der Waals surface area contributed by atoms with E-state index in [4.69, 9.17) is 4.55 Å². The van der Waals surface area contributed by atoms with Crippen molar-refractivity contribution in [2.75, 3.05) is 5.75 Å². The van der Waals surface area contributed by atoms with Gasteiger partial charge in [0.15, 0.2) is 0 Å². The molecule has 0 heterocycles. The van der Waals surface area contributed by atoms with Gasteiger partial charge in [-0.3, -0.25) is 4.55 Å². The average Bonchev–Trinajstić information content (AvgIpc) is 2.19. The monoisotopic (exact) mass is 330 g/mol. The Balaban J connectivity index is -0.00000112. The van der Waals surface area contributed by atoms with Crippen molar-refractivity contribution in [1.29, 1.82) is 0 Å². The van der Waals surface area contributed by atoms with Crippen LogP contribution in [0.1, 0.15) is 71.1 Å². The molecule has 0 spiro atoms. The van der Waals surface area contributed by atoms with Crippen LogP contribution in [0.2, 0.25) is 0 Å². The Morgan fingerprint density at radius 1 is 0.722 bits per heavy atom. The zero-order valence-electron chi connectivity index (χ0n) is 10.5. The Kier molecular flexibility index (Phi) is 26.4. The first kappa shape index (κ1) is 26.1. The molecule has 18 heavy (non-hydrogen) atoms. The SMILES string of the molecule is CCCCCCCCCCCCS(=O)(=O)O.[KH].[KH]. The quantitative estimate of drug-likeness (QED) is 0.360. The molecule has 0 aromatic rings. The van der Waals surface area contributed by atoms with Gasteiger partial charge < -0.3 is 0 Å². The van der Waals surface area contributed by atoms with Crippen molar-refractivity contribution in [2.24, 2.45) is 0 Å². The van der Waals surface area contributed by atoms with E-state index in [0.717, 1.165) is 12.8 Å². The van der Waals surface area contributed by atoms with Crippen LogP contribution in [0.25, 0.3) is 0 Å². The van der Waals surface area contributed by atoms with E-state index in [0.29, 0.717) is 6.42 Å². The Labute approximate surface area is 198 Å². The fourth-order valence-electron chi connectivity index (χ4n) is 1.77. The molecule has 0 fully saturated rings. The van der Waals surface area contributed by atoms with E-state index in [-0.39, 0.29) is 109 Å². The van der Waals surface area contributed by atoms with Gasteiger partial charge in [0.2, 0.25) is 0 Å². The zero-order chi connectivity index (χ0) is 12.3. The standard InChI is InChI=1S/C12H26O3S.2K.2H/c1-2-3-4-5-6-7-8-9-10-11-12-16(13,14)15;;;;/h2-12H2,1H3,(H,13,14,15);;;;. The van der Waals surface area contributed by atoms with Crippen LogP contribution >= 0.6 is 0 Å². The summed E-state index contributed by atoms with van der Waals surface area (Å²) in [5, 5.41) is 0. The Hall–Kier alpha value is 3.18. The van der Waals surface area contributed by atoms with Crippen molar-refractivity contribution in [3.05, 3.63) is 0 Å². The molecule has 102 valence electrons. The minimum absolute atomic E-state index is 0. The minimum atomic E-state index is -3.73. The van der Waals surface area contributed by atoms with E-state index in [2.05, 4.69) is 6.92 Å². The van der Waals surface area contributed by atoms with Gasteiger partial charge in [0.1, 0.15) is 0 Å². The van der Waals surface area contributed by atoms with Gasteiger partial charge in [-0.2, -0.15) is 8.42 Å². The molecule has 0 aliphatic carbocycles. The van der Waals surface area contributed by atoms with Crippen LogP contribution in [0.4, 0.5) is 0 Å². The third kappa shape index (κ3) is 24.2. The normalized spacial score (nSPS) is 10.6. The van der Waals surface area contributed by atoms with Gasteiger partial charge in [-0.25, -0.2) is 0 Å². The maximum atomic E-state index is 10.4. The van der Waals surface area contributed by atoms with Crippen LogP contribution in [0.15, 0.2) is 0 Å². The predicted molar refractivity (Wildman–Crippen MR) is 82.6 cm³/mol. The van der Waals surface area contributed by atoms with E-state index in [9.17, 15) is 8.42 Å². The summed E-state index contributed by atoms with van der Waals surface area (Å²) in [4.78, 5) is 0. The van der Waals surface area contributed by atoms with Crippen molar-refractivity contribution >= 4 is 113 Å². The summed E-state index contributed by atoms with van der Waals surface area (Å²) in [7, 11) is -3.73. The zero-order valence-corrected chi connectivity index (χ0v) is 11.3. The molecule has 0 saturated carbocycles. The first-order chi connectivity index (χ1) is 7.56. The average molecular weight is 331 g/mol. The number of hydrogen-bond donors (Lipinski definition) is 1. The molecule has 1 N–H and O–H groups in total. The number of rotatable bonds is 11. The van der Waals surface area contributed by atoms with Crippen molar-refractivity contribution in [2.45, 2.75) is 71.1 Å². The van der Waals surface area contributed by atoms with E-state index in [1.165, 1.54) is 44.9 Å². The third-order valence-electron chi connectivity index (χ3n) is 2.76. The summed E-state index contributed by atoms with van der Waals surface area (Å²) < 4.78 is 29.4. The fourth-order valence-corrected chi connectivity index (χ4v) is 2.34. The molecule has 0 bridgehead atoms. The summed E-state index contributed by atoms with van der Waals surface area (Å²) in [5.74, 6) is -0.0799. The first-order valence-corrected chi connectivity index (χ1v) is 8.12. The number of unbranched alkanes of at least 4 members (excludes halogenated alkanes) is 9. The Morgan fingerprint density at radius 2 is 1.06 bits per heavy atom. The van der Waals surface area contributed by atoms with Gasteiger partial charge in [0.25, 0.3) is 10.1 Å². The van der Waals surface area contributed by atoms with E-state index in [1.807, 2.05) is 0 Å². The van der Waals surface area contributed by atoms with Crippen molar-refractivity contribution in [3.8, 4) is 0 Å². The molecular weight excluding hydrogens is 302 g/mol. The molecule has 0 amide bonds. The molecule has 0 rings (SSSR count). The molecular formula is C12H28K2O3S. The van der Waals surface area contributed by atoms with Gasteiger partial charge in [0.05, 0.1) is 5.75 Å². The molecule has 0 aromatic carbocycles. The number of hydrogen-bond acceptors (Lipinski definition) is 2. The molecule has 0 saturated heterocycles. The summed E-state index contributed by atoms with van der Waals surface area (Å²) in [6.45, 7) is 2.22. The second-order valence-corrected chi connectivity index (χ2v) is 6.04. The van der Waals surface area contributed by atoms with Gasteiger partial charge in [-0.05, 0) is 6.42 Å². The molecule has 0 aromatic heterocycles. The van der Waals surface area contributed by atoms with Crippen LogP contribution < -0.4 is 0 Å². The van der Waals surface area contributed by atoms with Gasteiger partial charge in [-0.1, -0.05) is 64.7 Å². The first-order valence-electron chi connectivity index (χ1n) is 6.51. The molecule has 6 heteroatoms. The molecule has 0 aliphatic rings. The van der Waals surface area contributed by atoms with Crippen molar-refractivity contribution in [3.63, 3.8) is 0 Å². The van der Waals surface area contributed by atoms with Crippen LogP contribution in [-0.2, 0) is 10.1 Å². The van der Waals surface area contributed by atoms with E-state index >= 15 is 0 Å². The van der Waals surface area contributed by atoms with Crippen LogP contribution in [0.3, 0.4) is 0 Å². The van der Waals surface area contributed by atoms with Crippen LogP contribution in [-0.4, -0.2) is 121 Å². The van der Waals surface area contributed by atoms with Gasteiger partial charge >= 0.3 is 103 Å². The summed E-state index contributed by atoms with van der Waals surface area (Å²) in [6.07, 6.45) is 11.7. The summed E-state index contributed by atoms with van der Waals surface area (Å²) >= 11 is 0. The molecule has 3 nitrogen and oxygen atoms in total. The second-order valence-electron chi connectivity index (χ2n) is 4.47. The molecule has 0 radical (unpaired) electrons. The van der Waals surface area contributed by atoms with Crippen molar-refractivity contribution < 1.29 is 13.0 Å². The van der Waals surface area contributed by atoms with E-state index < -0.39 is 10.1 Å². The molecule has 0 aliphatic heterocycles. The van der Waals surface area contributed by atoms with Crippen LogP contribution in [0, 0.1) is 0 Å². The van der Waals surface area contributed by atoms with Gasteiger partial charge in [-0.15, -0.1) is 0 Å². The Morgan fingerprint density at radius 3 is 1.39 bits per heavy atom. The third-order valence-corrected chi connectivity index (χ3v) is 3.56. The topological polar surface area (TPSA) is 54.4 Å². The summed E-state index contributed by atoms with van der Waals surface area (Å²) in [5.41, 5.74) is 0. The molecule has 0 unspecified atom stereocenters. The maximum absolute atomic E-state index is 10.4. The second kappa shape index (κ2) is 18.2. The summed E-state index contributed by atoms with van der Waals surface area (Å²) in [6, 6.07) is 0. The van der Waals surface area contributed by atoms with Crippen molar-refractivity contribution in [1.82, 2.24) is 0 Å². The Bertz CT molecular complexity index is 244. The predicted octanol–water partition coefficient (Wildman–Crippen LogP) is 2.50. The van der Waals surface area contributed by atoms with Gasteiger partial charge in [0, 0.05) is 0 Å². The fraction of sp³-hybridized carbons (Fsp3) is 1.00. The molecule has 0 atom stereocenters. The van der Waals surface area contributed by atoms with Crippen LogP contribution in [0.5, 0.6) is 0 Å². The van der Waals surface area contributed by atoms with E-state index in [1.54, 1.807) is 0 Å².